The van der Waals surface area contributed by atoms with Crippen LogP contribution in [-0.2, 0) is 23.9 Å². The number of aliphatic carboxylic acids is 1. The van der Waals surface area contributed by atoms with Crippen molar-refractivity contribution in [3.05, 3.63) is 0 Å². The molecule has 0 aliphatic carbocycles. The van der Waals surface area contributed by atoms with Crippen LogP contribution in [0.3, 0.4) is 0 Å². The topological polar surface area (TPSA) is 130 Å². The number of carbonyl (C=O) groups is 3. The van der Waals surface area contributed by atoms with Gasteiger partial charge in [0.15, 0.2) is 6.10 Å². The Morgan fingerprint density at radius 1 is 1.25 bits per heavy atom. The Kier molecular flexibility index (Phi) is 4.86. The van der Waals surface area contributed by atoms with E-state index >= 15 is 0 Å². The van der Waals surface area contributed by atoms with Gasteiger partial charge in [-0.1, -0.05) is 0 Å². The third kappa shape index (κ3) is 2.91. The van der Waals surface area contributed by atoms with Crippen molar-refractivity contribution >= 4 is 17.9 Å². The maximum atomic E-state index is 11.1. The maximum absolute atomic E-state index is 11.1. The molecule has 0 aliphatic heterocycles. The van der Waals surface area contributed by atoms with Crippen molar-refractivity contribution in [1.82, 2.24) is 0 Å². The molecule has 2 atom stereocenters. The first-order chi connectivity index (χ1) is 7.29. The molecule has 16 heavy (non-hydrogen) atoms. The fourth-order valence-corrected chi connectivity index (χ4v) is 0.954. The Bertz CT molecular complexity index is 298. The second kappa shape index (κ2) is 5.42. The van der Waals surface area contributed by atoms with E-state index < -0.39 is 36.0 Å². The lowest BCUT2D eigenvalue weighted by atomic mass is 9.93. The summed E-state index contributed by atoms with van der Waals surface area (Å²) in [6.45, 7) is 0. The summed E-state index contributed by atoms with van der Waals surface area (Å²) in [6.07, 6.45) is -3.51. The van der Waals surface area contributed by atoms with Crippen LogP contribution < -0.4 is 0 Å². The second-order valence-corrected chi connectivity index (χ2v) is 2.91. The molecule has 8 nitrogen and oxygen atoms in total. The zero-order chi connectivity index (χ0) is 12.9. The number of hydrogen-bond acceptors (Lipinski definition) is 7. The van der Waals surface area contributed by atoms with Gasteiger partial charge in [-0.05, 0) is 0 Å². The van der Waals surface area contributed by atoms with Crippen LogP contribution in [0.4, 0.5) is 0 Å². The molecule has 0 amide bonds. The van der Waals surface area contributed by atoms with Crippen molar-refractivity contribution in [2.45, 2.75) is 18.1 Å². The molecule has 0 rings (SSSR count). The fourth-order valence-electron chi connectivity index (χ4n) is 0.954. The summed E-state index contributed by atoms with van der Waals surface area (Å²) in [7, 11) is 1.85. The number of carboxylic acid groups (broad SMARTS) is 1. The molecule has 0 aromatic carbocycles. The molecule has 0 fully saturated rings. The van der Waals surface area contributed by atoms with Crippen LogP contribution in [0.2, 0.25) is 0 Å². The van der Waals surface area contributed by atoms with Gasteiger partial charge in [-0.15, -0.1) is 0 Å². The molecule has 0 aliphatic rings. The highest BCUT2D eigenvalue weighted by molar-refractivity contribution is 5.92. The number of hydrogen-bond donors (Lipinski definition) is 3. The Balaban J connectivity index is 5.10. The van der Waals surface area contributed by atoms with Crippen molar-refractivity contribution in [2.75, 3.05) is 14.2 Å². The predicted octanol–water partition coefficient (Wildman–Crippen LogP) is -2.10. The number of rotatable bonds is 5. The van der Waals surface area contributed by atoms with Gasteiger partial charge in [0.2, 0.25) is 5.60 Å². The van der Waals surface area contributed by atoms with E-state index in [-0.39, 0.29) is 0 Å². The molecule has 0 saturated carbocycles. The monoisotopic (exact) mass is 236 g/mol. The lowest BCUT2D eigenvalue weighted by molar-refractivity contribution is -0.190. The summed E-state index contributed by atoms with van der Waals surface area (Å²) in [5, 5.41) is 27.2. The molecule has 8 heteroatoms. The van der Waals surface area contributed by atoms with Gasteiger partial charge in [0.25, 0.3) is 0 Å². The van der Waals surface area contributed by atoms with E-state index in [1.165, 1.54) is 0 Å². The quantitative estimate of drug-likeness (QED) is 0.462. The molecule has 0 saturated heterocycles. The highest BCUT2D eigenvalue weighted by atomic mass is 16.6. The summed E-state index contributed by atoms with van der Waals surface area (Å²) in [4.78, 5) is 32.5. The molecular formula is C8H12O8. The minimum Gasteiger partial charge on any atom is -0.479 e. The van der Waals surface area contributed by atoms with Gasteiger partial charge in [-0.2, -0.15) is 0 Å². The SMILES string of the molecule is COC(=O)C[C@@](O)(C(=O)OC)[C@@H](O)C(=O)O. The van der Waals surface area contributed by atoms with Crippen molar-refractivity contribution < 1.29 is 39.2 Å². The lowest BCUT2D eigenvalue weighted by Gasteiger charge is -2.26. The van der Waals surface area contributed by atoms with E-state index in [1.807, 2.05) is 0 Å². The van der Waals surface area contributed by atoms with Crippen LogP contribution in [0.1, 0.15) is 6.42 Å². The van der Waals surface area contributed by atoms with Gasteiger partial charge in [0, 0.05) is 0 Å². The smallest absolute Gasteiger partial charge is 0.341 e. The van der Waals surface area contributed by atoms with Crippen LogP contribution in [0.5, 0.6) is 0 Å². The molecule has 0 aromatic heterocycles. The largest absolute Gasteiger partial charge is 0.479 e. The third-order valence-electron chi connectivity index (χ3n) is 1.87. The normalized spacial score (nSPS) is 15.8. The van der Waals surface area contributed by atoms with E-state index in [1.54, 1.807) is 0 Å². The molecule has 0 spiro atoms. The molecule has 92 valence electrons. The first-order valence-corrected chi connectivity index (χ1v) is 4.08. The summed E-state index contributed by atoms with van der Waals surface area (Å²) >= 11 is 0. The van der Waals surface area contributed by atoms with E-state index in [0.29, 0.717) is 0 Å². The molecule has 0 radical (unpaired) electrons. The molecular weight excluding hydrogens is 224 g/mol. The van der Waals surface area contributed by atoms with Gasteiger partial charge in [-0.3, -0.25) is 4.79 Å². The predicted molar refractivity (Wildman–Crippen MR) is 47.2 cm³/mol. The van der Waals surface area contributed by atoms with Crippen LogP contribution >= 0.6 is 0 Å². The van der Waals surface area contributed by atoms with Gasteiger partial charge >= 0.3 is 17.9 Å². The van der Waals surface area contributed by atoms with E-state index in [0.717, 1.165) is 14.2 Å². The number of aliphatic hydroxyl groups is 2. The molecule has 0 bridgehead atoms. The Labute approximate surface area is 90.4 Å². The zero-order valence-electron chi connectivity index (χ0n) is 8.67. The highest BCUT2D eigenvalue weighted by Crippen LogP contribution is 2.19. The second-order valence-electron chi connectivity index (χ2n) is 2.91. The number of carboxylic acids is 1. The highest BCUT2D eigenvalue weighted by Gasteiger charge is 2.50. The first-order valence-electron chi connectivity index (χ1n) is 4.08. The van der Waals surface area contributed by atoms with Gasteiger partial charge in [-0.25, -0.2) is 9.59 Å². The first kappa shape index (κ1) is 14.3. The third-order valence-corrected chi connectivity index (χ3v) is 1.87. The zero-order valence-corrected chi connectivity index (χ0v) is 8.67. The number of methoxy groups -OCH3 is 2. The van der Waals surface area contributed by atoms with Crippen LogP contribution in [0.25, 0.3) is 0 Å². The van der Waals surface area contributed by atoms with Crippen molar-refractivity contribution in [3.63, 3.8) is 0 Å². The number of aliphatic hydroxyl groups excluding tert-OH is 1. The van der Waals surface area contributed by atoms with Crippen molar-refractivity contribution in [1.29, 1.82) is 0 Å². The van der Waals surface area contributed by atoms with Gasteiger partial charge < -0.3 is 24.8 Å². The van der Waals surface area contributed by atoms with Crippen LogP contribution in [-0.4, -0.2) is 59.2 Å². The van der Waals surface area contributed by atoms with Crippen LogP contribution in [0.15, 0.2) is 0 Å². The number of carbonyl (C=O) groups excluding carboxylic acids is 2. The molecule has 0 unspecified atom stereocenters. The molecule has 3 N–H and O–H groups in total. The average molecular weight is 236 g/mol. The van der Waals surface area contributed by atoms with Gasteiger partial charge in [0.05, 0.1) is 20.6 Å². The summed E-state index contributed by atoms with van der Waals surface area (Å²) in [6, 6.07) is 0. The Hall–Kier alpha value is -1.67. The van der Waals surface area contributed by atoms with Crippen molar-refractivity contribution in [3.8, 4) is 0 Å². The lowest BCUT2D eigenvalue weighted by Crippen LogP contribution is -2.55. The fraction of sp³-hybridized carbons (Fsp3) is 0.625. The minimum absolute atomic E-state index is 0.874. The molecule has 0 heterocycles. The van der Waals surface area contributed by atoms with E-state index in [9.17, 15) is 19.5 Å². The number of esters is 2. The minimum atomic E-state index is -2.87. The Morgan fingerprint density at radius 3 is 2.06 bits per heavy atom. The van der Waals surface area contributed by atoms with Crippen LogP contribution in [0, 0.1) is 0 Å². The van der Waals surface area contributed by atoms with E-state index in [2.05, 4.69) is 9.47 Å². The summed E-state index contributed by atoms with van der Waals surface area (Å²) in [5.41, 5.74) is -2.87. The average Bonchev–Trinajstić information content (AvgIpc) is 2.25. The summed E-state index contributed by atoms with van der Waals surface area (Å²) < 4.78 is 8.27. The van der Waals surface area contributed by atoms with Crippen molar-refractivity contribution in [2.24, 2.45) is 0 Å². The maximum Gasteiger partial charge on any atom is 0.341 e. The number of ether oxygens (including phenoxy) is 2. The van der Waals surface area contributed by atoms with Gasteiger partial charge in [0.1, 0.15) is 0 Å². The van der Waals surface area contributed by atoms with E-state index in [4.69, 9.17) is 10.2 Å². The summed E-state index contributed by atoms with van der Waals surface area (Å²) in [5.74, 6) is -4.36. The standard InChI is InChI=1S/C8H12O8/c1-15-4(9)3-8(14,7(13)16-2)5(10)6(11)12/h5,10,14H,3H2,1-2H3,(H,11,12)/t5-,8-/m0/s1. The Morgan fingerprint density at radius 2 is 1.75 bits per heavy atom. The molecule has 0 aromatic rings.